The molecule has 102 valence electrons. The van der Waals surface area contributed by atoms with Crippen molar-refractivity contribution in [3.05, 3.63) is 70.8 Å². The second kappa shape index (κ2) is 5.52. The van der Waals surface area contributed by atoms with E-state index in [1.54, 1.807) is 0 Å². The summed E-state index contributed by atoms with van der Waals surface area (Å²) in [6, 6.07) is 11.0. The van der Waals surface area contributed by atoms with Crippen LogP contribution in [0.4, 0.5) is 4.39 Å². The minimum absolute atomic E-state index is 0.0143. The van der Waals surface area contributed by atoms with Gasteiger partial charge in [-0.15, -0.1) is 0 Å². The smallest absolute Gasteiger partial charge is 0.335 e. The van der Waals surface area contributed by atoms with E-state index in [-0.39, 0.29) is 22.3 Å². The van der Waals surface area contributed by atoms with Gasteiger partial charge in [-0.1, -0.05) is 24.3 Å². The molecule has 0 aliphatic rings. The summed E-state index contributed by atoms with van der Waals surface area (Å²) in [4.78, 5) is 21.7. The summed E-state index contributed by atoms with van der Waals surface area (Å²) in [5.74, 6) is -2.28. The molecule has 0 fully saturated rings. The average Bonchev–Trinajstić information content (AvgIpc) is 2.46. The van der Waals surface area contributed by atoms with Gasteiger partial charge < -0.3 is 10.2 Å². The van der Waals surface area contributed by atoms with Crippen LogP contribution in [-0.2, 0) is 0 Å². The van der Waals surface area contributed by atoms with Crippen LogP contribution < -0.4 is 0 Å². The number of carbonyl (C=O) groups is 2. The molecule has 20 heavy (non-hydrogen) atoms. The third kappa shape index (κ3) is 2.83. The molecule has 0 heterocycles. The van der Waals surface area contributed by atoms with Crippen molar-refractivity contribution < 1.29 is 24.2 Å². The van der Waals surface area contributed by atoms with Crippen LogP contribution in [0.3, 0.4) is 0 Å². The first kappa shape index (κ1) is 13.7. The standard InChI is InChI=1S/C15H11FO4/c16-13(9-3-1-5-11(7-9)14(17)18)10-4-2-6-12(8-10)15(19)20/h1-8,13H,(H,17,18)(H,19,20). The molecule has 2 aromatic carbocycles. The Morgan fingerprint density at radius 1 is 0.850 bits per heavy atom. The Labute approximate surface area is 114 Å². The molecular weight excluding hydrogens is 263 g/mol. The molecule has 2 aromatic rings. The van der Waals surface area contributed by atoms with Crippen molar-refractivity contribution >= 4 is 11.9 Å². The molecule has 0 saturated carbocycles. The summed E-state index contributed by atoms with van der Waals surface area (Å²) in [6.07, 6.45) is -1.58. The number of hydrogen-bond donors (Lipinski definition) is 2. The average molecular weight is 274 g/mol. The Hall–Kier alpha value is -2.69. The third-order valence-electron chi connectivity index (χ3n) is 2.85. The van der Waals surface area contributed by atoms with E-state index < -0.39 is 18.1 Å². The van der Waals surface area contributed by atoms with Crippen LogP contribution in [0.15, 0.2) is 48.5 Å². The van der Waals surface area contributed by atoms with Crippen molar-refractivity contribution in [3.63, 3.8) is 0 Å². The molecule has 2 N–H and O–H groups in total. The lowest BCUT2D eigenvalue weighted by atomic mass is 9.99. The van der Waals surface area contributed by atoms with Crippen molar-refractivity contribution in [2.45, 2.75) is 6.17 Å². The fourth-order valence-electron chi connectivity index (χ4n) is 1.85. The van der Waals surface area contributed by atoms with E-state index >= 15 is 0 Å². The molecule has 0 aromatic heterocycles. The summed E-state index contributed by atoms with van der Waals surface area (Å²) in [6.45, 7) is 0. The van der Waals surface area contributed by atoms with E-state index in [1.165, 1.54) is 48.5 Å². The molecule has 0 spiro atoms. The molecular formula is C15H11FO4. The quantitative estimate of drug-likeness (QED) is 0.898. The second-order valence-electron chi connectivity index (χ2n) is 4.22. The van der Waals surface area contributed by atoms with Crippen LogP contribution in [0, 0.1) is 0 Å². The highest BCUT2D eigenvalue weighted by Gasteiger charge is 2.16. The van der Waals surface area contributed by atoms with E-state index in [0.717, 1.165) is 0 Å². The Morgan fingerprint density at radius 3 is 1.60 bits per heavy atom. The van der Waals surface area contributed by atoms with Crippen LogP contribution in [0.5, 0.6) is 0 Å². The summed E-state index contributed by atoms with van der Waals surface area (Å²) in [5.41, 5.74) is 0.318. The molecule has 0 aliphatic heterocycles. The van der Waals surface area contributed by atoms with Crippen LogP contribution in [-0.4, -0.2) is 22.2 Å². The van der Waals surface area contributed by atoms with Crippen LogP contribution in [0.25, 0.3) is 0 Å². The number of halogens is 1. The Morgan fingerprint density at radius 2 is 1.25 bits per heavy atom. The predicted molar refractivity (Wildman–Crippen MR) is 69.8 cm³/mol. The van der Waals surface area contributed by atoms with Gasteiger partial charge in [0.05, 0.1) is 11.1 Å². The predicted octanol–water partition coefficient (Wildman–Crippen LogP) is 3.14. The van der Waals surface area contributed by atoms with E-state index in [0.29, 0.717) is 0 Å². The lowest BCUT2D eigenvalue weighted by molar-refractivity contribution is 0.0686. The van der Waals surface area contributed by atoms with Gasteiger partial charge in [-0.25, -0.2) is 14.0 Å². The molecule has 0 amide bonds. The minimum Gasteiger partial charge on any atom is -0.478 e. The fourth-order valence-corrected chi connectivity index (χ4v) is 1.85. The normalized spacial score (nSPS) is 10.5. The van der Waals surface area contributed by atoms with Crippen molar-refractivity contribution in [1.29, 1.82) is 0 Å². The highest BCUT2D eigenvalue weighted by molar-refractivity contribution is 5.88. The molecule has 4 nitrogen and oxygen atoms in total. The van der Waals surface area contributed by atoms with Crippen LogP contribution in [0.1, 0.15) is 38.0 Å². The lowest BCUT2D eigenvalue weighted by Crippen LogP contribution is -2.02. The van der Waals surface area contributed by atoms with Crippen LogP contribution in [0.2, 0.25) is 0 Å². The van der Waals surface area contributed by atoms with Crippen molar-refractivity contribution in [2.24, 2.45) is 0 Å². The monoisotopic (exact) mass is 274 g/mol. The summed E-state index contributed by atoms with van der Waals surface area (Å²) >= 11 is 0. The SMILES string of the molecule is O=C(O)c1cccc(C(F)c2cccc(C(=O)O)c2)c1. The molecule has 0 unspecified atom stereocenters. The Balaban J connectivity index is 2.38. The van der Waals surface area contributed by atoms with Gasteiger partial charge in [0.15, 0.2) is 6.17 Å². The van der Waals surface area contributed by atoms with Crippen molar-refractivity contribution in [3.8, 4) is 0 Å². The number of carboxylic acids is 2. The van der Waals surface area contributed by atoms with Gasteiger partial charge in [0.25, 0.3) is 0 Å². The van der Waals surface area contributed by atoms with Gasteiger partial charge >= 0.3 is 11.9 Å². The van der Waals surface area contributed by atoms with Crippen LogP contribution >= 0.6 is 0 Å². The van der Waals surface area contributed by atoms with E-state index in [4.69, 9.17) is 10.2 Å². The number of rotatable bonds is 4. The largest absolute Gasteiger partial charge is 0.478 e. The van der Waals surface area contributed by atoms with Crippen molar-refractivity contribution in [1.82, 2.24) is 0 Å². The molecule has 5 heteroatoms. The number of hydrogen-bond acceptors (Lipinski definition) is 2. The maximum atomic E-state index is 14.4. The highest BCUT2D eigenvalue weighted by atomic mass is 19.1. The van der Waals surface area contributed by atoms with Gasteiger partial charge in [-0.2, -0.15) is 0 Å². The van der Waals surface area contributed by atoms with Gasteiger partial charge in [0.1, 0.15) is 0 Å². The van der Waals surface area contributed by atoms with E-state index in [9.17, 15) is 14.0 Å². The number of benzene rings is 2. The molecule has 0 radical (unpaired) electrons. The van der Waals surface area contributed by atoms with Gasteiger partial charge in [0.2, 0.25) is 0 Å². The maximum absolute atomic E-state index is 14.4. The number of carboxylic acid groups (broad SMARTS) is 2. The zero-order valence-electron chi connectivity index (χ0n) is 10.3. The first-order chi connectivity index (χ1) is 9.49. The fraction of sp³-hybridized carbons (Fsp3) is 0.0667. The first-order valence-electron chi connectivity index (χ1n) is 5.79. The summed E-state index contributed by atoms with van der Waals surface area (Å²) in [7, 11) is 0. The van der Waals surface area contributed by atoms with Gasteiger partial charge in [0, 0.05) is 0 Å². The van der Waals surface area contributed by atoms with Crippen molar-refractivity contribution in [2.75, 3.05) is 0 Å². The topological polar surface area (TPSA) is 74.6 Å². The molecule has 2 rings (SSSR count). The number of aromatic carboxylic acids is 2. The Bertz CT molecular complexity index is 609. The third-order valence-corrected chi connectivity index (χ3v) is 2.85. The second-order valence-corrected chi connectivity index (χ2v) is 4.22. The zero-order chi connectivity index (χ0) is 14.7. The summed E-state index contributed by atoms with van der Waals surface area (Å²) in [5, 5.41) is 17.8. The molecule has 0 aliphatic carbocycles. The zero-order valence-corrected chi connectivity index (χ0v) is 10.3. The first-order valence-corrected chi connectivity index (χ1v) is 5.79. The maximum Gasteiger partial charge on any atom is 0.335 e. The Kier molecular flexibility index (Phi) is 3.79. The van der Waals surface area contributed by atoms with E-state index in [1.807, 2.05) is 0 Å². The summed E-state index contributed by atoms with van der Waals surface area (Å²) < 4.78 is 14.4. The lowest BCUT2D eigenvalue weighted by Gasteiger charge is -2.10. The molecule has 0 saturated heterocycles. The van der Waals surface area contributed by atoms with E-state index in [2.05, 4.69) is 0 Å². The minimum atomic E-state index is -1.58. The van der Waals surface area contributed by atoms with Gasteiger partial charge in [-0.3, -0.25) is 0 Å². The molecule has 0 atom stereocenters. The molecule has 0 bridgehead atoms. The number of alkyl halides is 1. The highest BCUT2D eigenvalue weighted by Crippen LogP contribution is 2.27. The van der Waals surface area contributed by atoms with Gasteiger partial charge in [-0.05, 0) is 35.4 Å².